The van der Waals surface area contributed by atoms with Gasteiger partial charge in [0, 0.05) is 18.9 Å². The van der Waals surface area contributed by atoms with Gasteiger partial charge < -0.3 is 14.2 Å². The summed E-state index contributed by atoms with van der Waals surface area (Å²) in [5, 5.41) is 4.20. The number of nitrogens with zero attached hydrogens (tertiary/aromatic N) is 2. The van der Waals surface area contributed by atoms with Crippen LogP contribution >= 0.6 is 0 Å². The fraction of sp³-hybridized carbons (Fsp3) is 0.583. The number of benzene rings is 1. The molecule has 2 aromatic rings. The van der Waals surface area contributed by atoms with Crippen LogP contribution in [0.5, 0.6) is 11.5 Å². The van der Waals surface area contributed by atoms with Crippen molar-refractivity contribution in [3.05, 3.63) is 42.7 Å². The van der Waals surface area contributed by atoms with Crippen LogP contribution in [0.2, 0.25) is 0 Å². The highest BCUT2D eigenvalue weighted by atomic mass is 16.5. The van der Waals surface area contributed by atoms with Gasteiger partial charge in [-0.2, -0.15) is 5.10 Å². The van der Waals surface area contributed by atoms with E-state index < -0.39 is 5.41 Å². The third kappa shape index (κ3) is 8.89. The standard InChI is InChI=1S/C24H36N2O4/c1-4-28-23(27)24(2,3)15-6-9-20-30-22-13-11-21(12-14-22)29-19-8-5-7-17-26-18-10-16-25-26/h10-14,16,18H,4-9,15,17,19-20H2,1-3H3. The second-order valence-electron chi connectivity index (χ2n) is 8.06. The molecule has 0 radical (unpaired) electrons. The van der Waals surface area contributed by atoms with Crippen molar-refractivity contribution < 1.29 is 19.0 Å². The molecule has 0 saturated carbocycles. The topological polar surface area (TPSA) is 62.6 Å². The lowest BCUT2D eigenvalue weighted by molar-refractivity contribution is -0.153. The van der Waals surface area contributed by atoms with E-state index in [0.29, 0.717) is 13.2 Å². The lowest BCUT2D eigenvalue weighted by Crippen LogP contribution is -2.26. The van der Waals surface area contributed by atoms with E-state index >= 15 is 0 Å². The molecule has 2 rings (SSSR count). The fourth-order valence-electron chi connectivity index (χ4n) is 3.10. The van der Waals surface area contributed by atoms with Crippen LogP contribution in [0.4, 0.5) is 0 Å². The van der Waals surface area contributed by atoms with Gasteiger partial charge in [-0.15, -0.1) is 0 Å². The number of carbonyl (C=O) groups is 1. The first kappa shape index (κ1) is 23.8. The minimum absolute atomic E-state index is 0.126. The van der Waals surface area contributed by atoms with Gasteiger partial charge in [0.05, 0.1) is 25.2 Å². The highest BCUT2D eigenvalue weighted by molar-refractivity contribution is 5.75. The number of rotatable bonds is 15. The Morgan fingerprint density at radius 2 is 1.60 bits per heavy atom. The molecule has 0 fully saturated rings. The number of unbranched alkanes of at least 4 members (excludes halogenated alkanes) is 3. The van der Waals surface area contributed by atoms with Gasteiger partial charge in [0.1, 0.15) is 11.5 Å². The predicted molar refractivity (Wildman–Crippen MR) is 118 cm³/mol. The van der Waals surface area contributed by atoms with E-state index in [-0.39, 0.29) is 5.97 Å². The lowest BCUT2D eigenvalue weighted by atomic mass is 9.87. The molecule has 1 heterocycles. The largest absolute Gasteiger partial charge is 0.494 e. The Bertz CT molecular complexity index is 711. The highest BCUT2D eigenvalue weighted by Crippen LogP contribution is 2.25. The molecule has 0 N–H and O–H groups in total. The zero-order valence-electron chi connectivity index (χ0n) is 18.6. The third-order valence-corrected chi connectivity index (χ3v) is 4.98. The minimum Gasteiger partial charge on any atom is -0.494 e. The van der Waals surface area contributed by atoms with Crippen LogP contribution in [0.15, 0.2) is 42.7 Å². The van der Waals surface area contributed by atoms with Gasteiger partial charge in [0.25, 0.3) is 0 Å². The van der Waals surface area contributed by atoms with E-state index in [1.54, 1.807) is 0 Å². The van der Waals surface area contributed by atoms with Crippen molar-refractivity contribution in [2.24, 2.45) is 5.41 Å². The number of hydrogen-bond acceptors (Lipinski definition) is 5. The monoisotopic (exact) mass is 416 g/mol. The highest BCUT2D eigenvalue weighted by Gasteiger charge is 2.28. The number of esters is 1. The van der Waals surface area contributed by atoms with Gasteiger partial charge in [-0.05, 0) is 89.6 Å². The van der Waals surface area contributed by atoms with Crippen molar-refractivity contribution in [2.75, 3.05) is 19.8 Å². The molecule has 6 heteroatoms. The van der Waals surface area contributed by atoms with Crippen LogP contribution in [0.1, 0.15) is 59.3 Å². The van der Waals surface area contributed by atoms with Gasteiger partial charge in [-0.25, -0.2) is 0 Å². The molecule has 0 saturated heterocycles. The normalized spacial score (nSPS) is 11.3. The quantitative estimate of drug-likeness (QED) is 0.292. The molecule has 0 amide bonds. The number of carbonyl (C=O) groups excluding carboxylic acids is 1. The summed E-state index contributed by atoms with van der Waals surface area (Å²) in [6, 6.07) is 9.72. The average Bonchev–Trinajstić information content (AvgIpc) is 3.25. The smallest absolute Gasteiger partial charge is 0.311 e. The predicted octanol–water partition coefficient (Wildman–Crippen LogP) is 5.27. The Morgan fingerprint density at radius 1 is 0.967 bits per heavy atom. The van der Waals surface area contributed by atoms with Crippen molar-refractivity contribution >= 4 is 5.97 Å². The number of aromatic nitrogens is 2. The number of hydrogen-bond donors (Lipinski definition) is 0. The number of aryl methyl sites for hydroxylation is 1. The molecular weight excluding hydrogens is 380 g/mol. The van der Waals surface area contributed by atoms with Gasteiger partial charge in [-0.3, -0.25) is 9.48 Å². The zero-order chi connectivity index (χ0) is 21.7. The van der Waals surface area contributed by atoms with Crippen LogP contribution in [-0.4, -0.2) is 35.6 Å². The molecule has 0 bridgehead atoms. The van der Waals surface area contributed by atoms with Crippen LogP contribution in [-0.2, 0) is 16.1 Å². The van der Waals surface area contributed by atoms with Crippen molar-refractivity contribution in [3.8, 4) is 11.5 Å². The summed E-state index contributed by atoms with van der Waals surface area (Å²) in [4.78, 5) is 11.9. The first-order chi connectivity index (χ1) is 14.5. The van der Waals surface area contributed by atoms with Gasteiger partial charge in [-0.1, -0.05) is 0 Å². The van der Waals surface area contributed by atoms with Gasteiger partial charge >= 0.3 is 5.97 Å². The maximum absolute atomic E-state index is 11.9. The van der Waals surface area contributed by atoms with E-state index in [1.807, 2.05) is 68.2 Å². The second kappa shape index (κ2) is 12.9. The Morgan fingerprint density at radius 3 is 2.17 bits per heavy atom. The fourth-order valence-corrected chi connectivity index (χ4v) is 3.10. The van der Waals surface area contributed by atoms with E-state index in [0.717, 1.165) is 63.2 Å². The Balaban J connectivity index is 1.53. The molecule has 0 aliphatic rings. The SMILES string of the molecule is CCOC(=O)C(C)(C)CCCCOc1ccc(OCCCCCn2cccn2)cc1. The first-order valence-corrected chi connectivity index (χ1v) is 11.0. The van der Waals surface area contributed by atoms with Crippen LogP contribution < -0.4 is 9.47 Å². The summed E-state index contributed by atoms with van der Waals surface area (Å²) in [6.45, 7) is 8.44. The molecule has 0 aliphatic carbocycles. The molecule has 1 aromatic carbocycles. The Hall–Kier alpha value is -2.50. The van der Waals surface area contributed by atoms with Crippen molar-refractivity contribution in [1.82, 2.24) is 9.78 Å². The Kier molecular flexibility index (Phi) is 10.3. The summed E-state index contributed by atoms with van der Waals surface area (Å²) in [6.07, 6.45) is 9.68. The molecule has 0 atom stereocenters. The van der Waals surface area contributed by atoms with Crippen LogP contribution in [0, 0.1) is 5.41 Å². The molecule has 6 nitrogen and oxygen atoms in total. The summed E-state index contributed by atoms with van der Waals surface area (Å²) < 4.78 is 18.7. The van der Waals surface area contributed by atoms with Gasteiger partial charge in [0.2, 0.25) is 0 Å². The van der Waals surface area contributed by atoms with E-state index in [2.05, 4.69) is 5.10 Å². The van der Waals surface area contributed by atoms with Gasteiger partial charge in [0.15, 0.2) is 0 Å². The van der Waals surface area contributed by atoms with Crippen LogP contribution in [0.3, 0.4) is 0 Å². The van der Waals surface area contributed by atoms with Crippen LogP contribution in [0.25, 0.3) is 0 Å². The molecule has 30 heavy (non-hydrogen) atoms. The van der Waals surface area contributed by atoms with E-state index in [1.165, 1.54) is 0 Å². The summed E-state index contributed by atoms with van der Waals surface area (Å²) in [5.74, 6) is 1.58. The molecular formula is C24H36N2O4. The lowest BCUT2D eigenvalue weighted by Gasteiger charge is -2.21. The average molecular weight is 417 g/mol. The Labute approximate surface area is 180 Å². The maximum atomic E-state index is 11.9. The van der Waals surface area contributed by atoms with E-state index in [9.17, 15) is 4.79 Å². The second-order valence-corrected chi connectivity index (χ2v) is 8.06. The first-order valence-electron chi connectivity index (χ1n) is 11.0. The zero-order valence-corrected chi connectivity index (χ0v) is 18.6. The molecule has 1 aromatic heterocycles. The molecule has 166 valence electrons. The van der Waals surface area contributed by atoms with Crippen molar-refractivity contribution in [1.29, 1.82) is 0 Å². The third-order valence-electron chi connectivity index (χ3n) is 4.98. The summed E-state index contributed by atoms with van der Waals surface area (Å²) in [5.41, 5.74) is -0.436. The summed E-state index contributed by atoms with van der Waals surface area (Å²) in [7, 11) is 0. The summed E-state index contributed by atoms with van der Waals surface area (Å²) >= 11 is 0. The van der Waals surface area contributed by atoms with Crippen molar-refractivity contribution in [3.63, 3.8) is 0 Å². The maximum Gasteiger partial charge on any atom is 0.311 e. The minimum atomic E-state index is -0.436. The molecule has 0 spiro atoms. The van der Waals surface area contributed by atoms with Crippen molar-refractivity contribution in [2.45, 2.75) is 65.8 Å². The van der Waals surface area contributed by atoms with E-state index in [4.69, 9.17) is 14.2 Å². The number of ether oxygens (including phenoxy) is 3. The molecule has 0 unspecified atom stereocenters. The molecule has 0 aliphatic heterocycles.